The summed E-state index contributed by atoms with van der Waals surface area (Å²) in [5.74, 6) is -1.65. The second-order valence-electron chi connectivity index (χ2n) is 7.90. The summed E-state index contributed by atoms with van der Waals surface area (Å²) in [4.78, 5) is 35.1. The first-order valence-corrected chi connectivity index (χ1v) is 10.1. The zero-order valence-electron chi connectivity index (χ0n) is 16.6. The molecule has 2 amide bonds. The van der Waals surface area contributed by atoms with Crippen LogP contribution in [0, 0.1) is 5.92 Å². The Balaban J connectivity index is 1.28. The van der Waals surface area contributed by atoms with Crippen LogP contribution in [0.25, 0.3) is 11.1 Å². The van der Waals surface area contributed by atoms with Gasteiger partial charge in [0, 0.05) is 17.9 Å². The maximum absolute atomic E-state index is 12.3. The van der Waals surface area contributed by atoms with Gasteiger partial charge in [-0.1, -0.05) is 48.5 Å². The fourth-order valence-corrected chi connectivity index (χ4v) is 4.15. The van der Waals surface area contributed by atoms with Crippen LogP contribution in [0.1, 0.15) is 36.8 Å². The second-order valence-corrected chi connectivity index (χ2v) is 7.90. The fraction of sp³-hybridized carbons (Fsp3) is 0.348. The molecule has 2 aliphatic carbocycles. The molecule has 1 saturated carbocycles. The molecule has 0 radical (unpaired) electrons. The van der Waals surface area contributed by atoms with Gasteiger partial charge in [0.25, 0.3) is 0 Å². The first-order chi connectivity index (χ1) is 14.4. The molecule has 0 bridgehead atoms. The van der Waals surface area contributed by atoms with Crippen molar-refractivity contribution < 1.29 is 24.2 Å². The number of fused-ring (bicyclic) bond motifs is 3. The molecule has 2 aromatic rings. The SMILES string of the molecule is C[C@@H](NC(=O)C1CC(NC(=O)OCC2c3ccccc3-c3ccccc32)C1)C(=O)O. The highest BCUT2D eigenvalue weighted by Gasteiger charge is 2.37. The molecule has 7 nitrogen and oxygen atoms in total. The molecule has 0 unspecified atom stereocenters. The van der Waals surface area contributed by atoms with Gasteiger partial charge < -0.3 is 20.5 Å². The third-order valence-electron chi connectivity index (χ3n) is 5.90. The molecule has 7 heteroatoms. The number of rotatable bonds is 6. The molecule has 0 heterocycles. The molecule has 30 heavy (non-hydrogen) atoms. The van der Waals surface area contributed by atoms with Gasteiger partial charge >= 0.3 is 12.1 Å². The maximum Gasteiger partial charge on any atom is 0.407 e. The van der Waals surface area contributed by atoms with Crippen LogP contribution >= 0.6 is 0 Å². The lowest BCUT2D eigenvalue weighted by Gasteiger charge is -2.34. The van der Waals surface area contributed by atoms with Gasteiger partial charge in [0.15, 0.2) is 0 Å². The quantitative estimate of drug-likeness (QED) is 0.682. The number of carboxylic acids is 1. The number of benzene rings is 2. The van der Waals surface area contributed by atoms with Crippen molar-refractivity contribution in [3.63, 3.8) is 0 Å². The number of hydrogen-bond donors (Lipinski definition) is 3. The number of amides is 2. The van der Waals surface area contributed by atoms with Crippen molar-refractivity contribution in [1.82, 2.24) is 10.6 Å². The van der Waals surface area contributed by atoms with Gasteiger partial charge in [-0.25, -0.2) is 4.79 Å². The van der Waals surface area contributed by atoms with E-state index in [2.05, 4.69) is 34.9 Å². The lowest BCUT2D eigenvalue weighted by Crippen LogP contribution is -2.51. The fourth-order valence-electron chi connectivity index (χ4n) is 4.15. The molecule has 3 N–H and O–H groups in total. The molecule has 0 aliphatic heterocycles. The Morgan fingerprint density at radius 2 is 1.60 bits per heavy atom. The number of ether oxygens (including phenoxy) is 1. The smallest absolute Gasteiger partial charge is 0.407 e. The van der Waals surface area contributed by atoms with E-state index in [1.807, 2.05) is 24.3 Å². The number of carboxylic acid groups (broad SMARTS) is 1. The van der Waals surface area contributed by atoms with E-state index in [1.165, 1.54) is 18.1 Å². The molecule has 2 aromatic carbocycles. The van der Waals surface area contributed by atoms with E-state index >= 15 is 0 Å². The van der Waals surface area contributed by atoms with Crippen molar-refractivity contribution in [2.45, 2.75) is 37.8 Å². The Hall–Kier alpha value is -3.35. The van der Waals surface area contributed by atoms with Gasteiger partial charge in [0.1, 0.15) is 12.6 Å². The summed E-state index contributed by atoms with van der Waals surface area (Å²) < 4.78 is 5.51. The summed E-state index contributed by atoms with van der Waals surface area (Å²) in [5.41, 5.74) is 4.65. The highest BCUT2D eigenvalue weighted by atomic mass is 16.5. The van der Waals surface area contributed by atoms with Crippen molar-refractivity contribution >= 4 is 18.0 Å². The van der Waals surface area contributed by atoms with Crippen LogP contribution in [-0.4, -0.2) is 41.8 Å². The van der Waals surface area contributed by atoms with Crippen LogP contribution in [0.3, 0.4) is 0 Å². The number of carbonyl (C=O) groups is 3. The summed E-state index contributed by atoms with van der Waals surface area (Å²) in [7, 11) is 0. The van der Waals surface area contributed by atoms with E-state index in [9.17, 15) is 14.4 Å². The third kappa shape index (κ3) is 3.87. The summed E-state index contributed by atoms with van der Waals surface area (Å²) in [6, 6.07) is 15.2. The van der Waals surface area contributed by atoms with Gasteiger partial charge in [-0.3, -0.25) is 9.59 Å². The van der Waals surface area contributed by atoms with E-state index in [4.69, 9.17) is 9.84 Å². The third-order valence-corrected chi connectivity index (χ3v) is 5.90. The minimum Gasteiger partial charge on any atom is -0.480 e. The number of aliphatic carboxylic acids is 1. The lowest BCUT2D eigenvalue weighted by molar-refractivity contribution is -0.142. The van der Waals surface area contributed by atoms with Crippen LogP contribution in [0.2, 0.25) is 0 Å². The molecular formula is C23H24N2O5. The summed E-state index contributed by atoms with van der Waals surface area (Å²) in [6.45, 7) is 1.66. The Morgan fingerprint density at radius 3 is 2.17 bits per heavy atom. The molecule has 2 aliphatic rings. The molecule has 0 saturated heterocycles. The van der Waals surface area contributed by atoms with Crippen molar-refractivity contribution in [2.75, 3.05) is 6.61 Å². The highest BCUT2D eigenvalue weighted by Crippen LogP contribution is 2.44. The minimum absolute atomic E-state index is 0.000531. The maximum atomic E-state index is 12.3. The average Bonchev–Trinajstić information content (AvgIpc) is 3.02. The molecule has 0 aromatic heterocycles. The van der Waals surface area contributed by atoms with Crippen molar-refractivity contribution in [2.24, 2.45) is 5.92 Å². The van der Waals surface area contributed by atoms with Crippen LogP contribution in [0.15, 0.2) is 48.5 Å². The standard InChI is InChI=1S/C23H24N2O5/c1-13(22(27)28)24-21(26)14-10-15(11-14)25-23(29)30-12-20-18-8-4-2-6-16(18)17-7-3-5-9-19(17)20/h2-9,13-15,20H,10-12H2,1H3,(H,24,26)(H,25,29)(H,27,28)/t13-,14?,15?/m1/s1. The first kappa shape index (κ1) is 19.9. The van der Waals surface area contributed by atoms with Gasteiger partial charge in [0.2, 0.25) is 5.91 Å². The average molecular weight is 408 g/mol. The second kappa shape index (κ2) is 8.18. The number of nitrogens with one attached hydrogen (secondary N) is 2. The predicted molar refractivity (Wildman–Crippen MR) is 110 cm³/mol. The molecular weight excluding hydrogens is 384 g/mol. The van der Waals surface area contributed by atoms with Crippen molar-refractivity contribution in [3.05, 3.63) is 59.7 Å². The summed E-state index contributed by atoms with van der Waals surface area (Å²) in [6.07, 6.45) is 0.449. The monoisotopic (exact) mass is 408 g/mol. The van der Waals surface area contributed by atoms with E-state index in [0.29, 0.717) is 12.8 Å². The Labute approximate surface area is 174 Å². The van der Waals surface area contributed by atoms with Gasteiger partial charge in [-0.2, -0.15) is 0 Å². The molecule has 4 rings (SSSR count). The van der Waals surface area contributed by atoms with Gasteiger partial charge in [-0.15, -0.1) is 0 Å². The van der Waals surface area contributed by atoms with E-state index in [0.717, 1.165) is 11.1 Å². The van der Waals surface area contributed by atoms with Crippen LogP contribution in [0.4, 0.5) is 4.79 Å². The van der Waals surface area contributed by atoms with Crippen molar-refractivity contribution in [3.8, 4) is 11.1 Å². The largest absolute Gasteiger partial charge is 0.480 e. The van der Waals surface area contributed by atoms with E-state index in [1.54, 1.807) is 0 Å². The Kier molecular flexibility index (Phi) is 5.44. The molecule has 1 fully saturated rings. The van der Waals surface area contributed by atoms with Crippen LogP contribution in [0.5, 0.6) is 0 Å². The number of alkyl carbamates (subject to hydrolysis) is 1. The van der Waals surface area contributed by atoms with Crippen molar-refractivity contribution in [1.29, 1.82) is 0 Å². The van der Waals surface area contributed by atoms with Gasteiger partial charge in [0.05, 0.1) is 0 Å². The minimum atomic E-state index is -1.07. The first-order valence-electron chi connectivity index (χ1n) is 10.1. The number of carbonyl (C=O) groups excluding carboxylic acids is 2. The highest BCUT2D eigenvalue weighted by molar-refractivity contribution is 5.85. The molecule has 1 atom stereocenters. The Morgan fingerprint density at radius 1 is 1.03 bits per heavy atom. The molecule has 0 spiro atoms. The van der Waals surface area contributed by atoms with E-state index < -0.39 is 18.1 Å². The predicted octanol–water partition coefficient (Wildman–Crippen LogP) is 2.89. The van der Waals surface area contributed by atoms with E-state index in [-0.39, 0.29) is 30.4 Å². The van der Waals surface area contributed by atoms with Crippen LogP contribution < -0.4 is 10.6 Å². The van der Waals surface area contributed by atoms with Crippen LogP contribution in [-0.2, 0) is 14.3 Å². The Bertz CT molecular complexity index is 938. The zero-order valence-corrected chi connectivity index (χ0v) is 16.6. The topological polar surface area (TPSA) is 105 Å². The molecule has 156 valence electrons. The normalized spacial score (nSPS) is 20.3. The summed E-state index contributed by atoms with van der Waals surface area (Å²) in [5, 5.41) is 14.1. The number of hydrogen-bond acceptors (Lipinski definition) is 4. The van der Waals surface area contributed by atoms with Gasteiger partial charge in [-0.05, 0) is 42.0 Å². The lowest BCUT2D eigenvalue weighted by atomic mass is 9.79. The zero-order chi connectivity index (χ0) is 21.3. The summed E-state index contributed by atoms with van der Waals surface area (Å²) >= 11 is 0.